The number of methoxy groups -OCH3 is 2. The van der Waals surface area contributed by atoms with Crippen LogP contribution in [-0.4, -0.2) is 20.1 Å². The number of anilines is 2. The molecule has 2 aromatic rings. The second kappa shape index (κ2) is 8.99. The molecule has 2 rings (SSSR count). The molecule has 0 aliphatic heterocycles. The minimum Gasteiger partial charge on any atom is -0.495 e. The summed E-state index contributed by atoms with van der Waals surface area (Å²) in [4.78, 5) is 12.2. The summed E-state index contributed by atoms with van der Waals surface area (Å²) < 4.78 is 10.4. The van der Waals surface area contributed by atoms with Gasteiger partial charge < -0.3 is 20.1 Å². The quantitative estimate of drug-likeness (QED) is 0.560. The van der Waals surface area contributed by atoms with Gasteiger partial charge in [-0.3, -0.25) is 4.79 Å². The van der Waals surface area contributed by atoms with E-state index in [1.165, 1.54) is 20.4 Å². The predicted octanol–water partition coefficient (Wildman–Crippen LogP) is 4.47. The van der Waals surface area contributed by atoms with Crippen molar-refractivity contribution in [2.45, 2.75) is 0 Å². The highest BCUT2D eigenvalue weighted by atomic mass is 35.5. The molecule has 6 nitrogen and oxygen atoms in total. The SMILES string of the molecule is COc1cc(N/C=C(/C#N)C(=O)Nc2ccc(Cl)cc2)c(OC)cc1Cl. The molecule has 0 radical (unpaired) electrons. The van der Waals surface area contributed by atoms with Gasteiger partial charge in [0, 0.05) is 29.0 Å². The molecule has 26 heavy (non-hydrogen) atoms. The standard InChI is InChI=1S/C18H15Cl2N3O3/c1-25-16-8-15(17(26-2)7-14(16)20)22-10-11(9-21)18(24)23-13-5-3-12(19)4-6-13/h3-8,10,22H,1-2H3,(H,23,24)/b11-10-. The average Bonchev–Trinajstić information content (AvgIpc) is 2.64. The highest BCUT2D eigenvalue weighted by molar-refractivity contribution is 6.32. The molecule has 0 saturated heterocycles. The van der Waals surface area contributed by atoms with Crippen molar-refractivity contribution < 1.29 is 14.3 Å². The molecule has 8 heteroatoms. The lowest BCUT2D eigenvalue weighted by Gasteiger charge is -2.12. The smallest absolute Gasteiger partial charge is 0.267 e. The number of ether oxygens (including phenoxy) is 2. The molecular formula is C18H15Cl2N3O3. The van der Waals surface area contributed by atoms with Crippen molar-refractivity contribution in [3.63, 3.8) is 0 Å². The summed E-state index contributed by atoms with van der Waals surface area (Å²) in [5, 5.41) is 15.6. The third-order valence-corrected chi connectivity index (χ3v) is 3.86. The molecular weight excluding hydrogens is 377 g/mol. The van der Waals surface area contributed by atoms with Crippen LogP contribution in [0.4, 0.5) is 11.4 Å². The van der Waals surface area contributed by atoms with Crippen LogP contribution in [0.25, 0.3) is 0 Å². The minimum atomic E-state index is -0.567. The first kappa shape index (κ1) is 19.4. The van der Waals surface area contributed by atoms with Crippen molar-refractivity contribution in [1.82, 2.24) is 0 Å². The van der Waals surface area contributed by atoms with Crippen LogP contribution in [0.1, 0.15) is 0 Å². The first-order chi connectivity index (χ1) is 12.5. The van der Waals surface area contributed by atoms with Crippen LogP contribution < -0.4 is 20.1 Å². The van der Waals surface area contributed by atoms with E-state index in [1.54, 1.807) is 36.4 Å². The normalized spacial score (nSPS) is 10.7. The van der Waals surface area contributed by atoms with Crippen LogP contribution in [0.15, 0.2) is 48.2 Å². The second-order valence-electron chi connectivity index (χ2n) is 4.96. The Morgan fingerprint density at radius 2 is 1.77 bits per heavy atom. The largest absolute Gasteiger partial charge is 0.495 e. The highest BCUT2D eigenvalue weighted by Crippen LogP contribution is 2.35. The van der Waals surface area contributed by atoms with Crippen LogP contribution in [0, 0.1) is 11.3 Å². The molecule has 0 aliphatic carbocycles. The Labute approximate surface area is 160 Å². The van der Waals surface area contributed by atoms with Gasteiger partial charge >= 0.3 is 0 Å². The Morgan fingerprint density at radius 1 is 1.12 bits per heavy atom. The first-order valence-corrected chi connectivity index (χ1v) is 8.09. The van der Waals surface area contributed by atoms with Gasteiger partial charge in [-0.25, -0.2) is 0 Å². The number of carbonyl (C=O) groups is 1. The monoisotopic (exact) mass is 391 g/mol. The van der Waals surface area contributed by atoms with Crippen molar-refractivity contribution >= 4 is 40.5 Å². The second-order valence-corrected chi connectivity index (χ2v) is 5.81. The lowest BCUT2D eigenvalue weighted by molar-refractivity contribution is -0.112. The summed E-state index contributed by atoms with van der Waals surface area (Å²) in [5.41, 5.74) is 0.878. The fourth-order valence-corrected chi connectivity index (χ4v) is 2.36. The number of benzene rings is 2. The van der Waals surface area contributed by atoms with Gasteiger partial charge in [0.1, 0.15) is 23.1 Å². The Hall–Kier alpha value is -2.88. The zero-order valence-electron chi connectivity index (χ0n) is 14.0. The molecule has 0 saturated carbocycles. The maximum Gasteiger partial charge on any atom is 0.267 e. The van der Waals surface area contributed by atoms with Gasteiger partial charge in [0.25, 0.3) is 5.91 Å². The van der Waals surface area contributed by atoms with E-state index >= 15 is 0 Å². The number of hydrogen-bond acceptors (Lipinski definition) is 5. The van der Waals surface area contributed by atoms with E-state index in [0.29, 0.717) is 32.9 Å². The van der Waals surface area contributed by atoms with Crippen molar-refractivity contribution in [3.8, 4) is 17.6 Å². The zero-order chi connectivity index (χ0) is 19.1. The maximum atomic E-state index is 12.2. The molecule has 0 aromatic heterocycles. The number of nitrogens with one attached hydrogen (secondary N) is 2. The topological polar surface area (TPSA) is 83.4 Å². The van der Waals surface area contributed by atoms with Gasteiger partial charge in [-0.05, 0) is 24.3 Å². The Balaban J connectivity index is 2.20. The average molecular weight is 392 g/mol. The van der Waals surface area contributed by atoms with Gasteiger partial charge in [0.2, 0.25) is 0 Å². The lowest BCUT2D eigenvalue weighted by Crippen LogP contribution is -2.14. The molecule has 2 N–H and O–H groups in total. The van der Waals surface area contributed by atoms with Crippen LogP contribution in [0.5, 0.6) is 11.5 Å². The number of nitriles is 1. The first-order valence-electron chi connectivity index (χ1n) is 7.33. The number of carbonyl (C=O) groups excluding carboxylic acids is 1. The van der Waals surface area contributed by atoms with E-state index in [4.69, 9.17) is 32.7 Å². The van der Waals surface area contributed by atoms with Crippen LogP contribution in [0.3, 0.4) is 0 Å². The maximum absolute atomic E-state index is 12.2. The predicted molar refractivity (Wildman–Crippen MR) is 102 cm³/mol. The van der Waals surface area contributed by atoms with E-state index < -0.39 is 5.91 Å². The summed E-state index contributed by atoms with van der Waals surface area (Å²) in [5.74, 6) is 0.289. The zero-order valence-corrected chi connectivity index (χ0v) is 15.5. The molecule has 0 aliphatic rings. The van der Waals surface area contributed by atoms with Gasteiger partial charge in [0.15, 0.2) is 0 Å². The van der Waals surface area contributed by atoms with Crippen molar-refractivity contribution in [3.05, 3.63) is 58.2 Å². The Bertz CT molecular complexity index is 874. The van der Waals surface area contributed by atoms with Crippen LogP contribution in [0.2, 0.25) is 10.0 Å². The Morgan fingerprint density at radius 3 is 2.35 bits per heavy atom. The van der Waals surface area contributed by atoms with E-state index in [-0.39, 0.29) is 5.57 Å². The molecule has 134 valence electrons. The molecule has 0 bridgehead atoms. The lowest BCUT2D eigenvalue weighted by atomic mass is 10.2. The number of amides is 1. The molecule has 0 fully saturated rings. The number of hydrogen-bond donors (Lipinski definition) is 2. The highest BCUT2D eigenvalue weighted by Gasteiger charge is 2.12. The van der Waals surface area contributed by atoms with Crippen LogP contribution in [-0.2, 0) is 4.79 Å². The fraction of sp³-hybridized carbons (Fsp3) is 0.111. The van der Waals surface area contributed by atoms with Gasteiger partial charge in [-0.15, -0.1) is 0 Å². The molecule has 2 aromatic carbocycles. The van der Waals surface area contributed by atoms with Crippen molar-refractivity contribution in [2.75, 3.05) is 24.9 Å². The summed E-state index contributed by atoms with van der Waals surface area (Å²) >= 11 is 11.9. The van der Waals surface area contributed by atoms with Crippen molar-refractivity contribution in [1.29, 1.82) is 5.26 Å². The summed E-state index contributed by atoms with van der Waals surface area (Å²) in [6.07, 6.45) is 1.27. The van der Waals surface area contributed by atoms with E-state index in [9.17, 15) is 10.1 Å². The third kappa shape index (κ3) is 4.82. The summed E-state index contributed by atoms with van der Waals surface area (Å²) in [6, 6.07) is 11.5. The molecule has 0 atom stereocenters. The molecule has 0 spiro atoms. The van der Waals surface area contributed by atoms with Crippen LogP contribution >= 0.6 is 23.2 Å². The molecule has 1 amide bonds. The molecule has 0 unspecified atom stereocenters. The van der Waals surface area contributed by atoms with E-state index in [0.717, 1.165) is 0 Å². The minimum absolute atomic E-state index is 0.129. The summed E-state index contributed by atoms with van der Waals surface area (Å²) in [7, 11) is 2.96. The number of halogens is 2. The van der Waals surface area contributed by atoms with Crippen molar-refractivity contribution in [2.24, 2.45) is 0 Å². The number of nitrogens with zero attached hydrogens (tertiary/aromatic N) is 1. The Kier molecular flexibility index (Phi) is 6.73. The van der Waals surface area contributed by atoms with Gasteiger partial charge in [-0.2, -0.15) is 5.26 Å². The third-order valence-electron chi connectivity index (χ3n) is 3.31. The van der Waals surface area contributed by atoms with Gasteiger partial charge in [0.05, 0.1) is 24.9 Å². The molecule has 0 heterocycles. The van der Waals surface area contributed by atoms with Gasteiger partial charge in [-0.1, -0.05) is 23.2 Å². The summed E-state index contributed by atoms with van der Waals surface area (Å²) in [6.45, 7) is 0. The van der Waals surface area contributed by atoms with E-state index in [2.05, 4.69) is 10.6 Å². The fourth-order valence-electron chi connectivity index (χ4n) is 2.00. The number of rotatable bonds is 6. The van der Waals surface area contributed by atoms with E-state index in [1.807, 2.05) is 6.07 Å².